The number of hydrogen-bond donors (Lipinski definition) is 0. The highest BCUT2D eigenvalue weighted by atomic mass is 33.2. The van der Waals surface area contributed by atoms with Crippen molar-refractivity contribution < 1.29 is 16.8 Å². The van der Waals surface area contributed by atoms with Gasteiger partial charge in [0.05, 0.1) is 16.6 Å². The number of unbranched alkanes of at least 4 members (excludes halogenated alkanes) is 2. The van der Waals surface area contributed by atoms with Gasteiger partial charge in [0.25, 0.3) is 0 Å². The van der Waals surface area contributed by atoms with Gasteiger partial charge in [-0.2, -0.15) is 0 Å². The molecule has 0 amide bonds. The average molecular weight is 321 g/mol. The van der Waals surface area contributed by atoms with E-state index in [-0.39, 0.29) is 16.6 Å². The Hall–Kier alpha value is 0.600. The maximum absolute atomic E-state index is 11.4. The van der Waals surface area contributed by atoms with Gasteiger partial charge in [0, 0.05) is 0 Å². The Bertz CT molecular complexity index is 347. The van der Waals surface area contributed by atoms with Crippen molar-refractivity contribution in [3.05, 3.63) is 0 Å². The van der Waals surface area contributed by atoms with Crippen molar-refractivity contribution in [3.8, 4) is 0 Å². The van der Waals surface area contributed by atoms with Crippen molar-refractivity contribution in [2.24, 2.45) is 0 Å². The van der Waals surface area contributed by atoms with Crippen LogP contribution in [0.25, 0.3) is 0 Å². The van der Waals surface area contributed by atoms with Crippen molar-refractivity contribution in [2.45, 2.75) is 39.5 Å². The summed E-state index contributed by atoms with van der Waals surface area (Å²) in [6.07, 6.45) is 2.90. The van der Waals surface area contributed by atoms with Crippen LogP contribution < -0.4 is 0 Å². The van der Waals surface area contributed by atoms with Gasteiger partial charge in [-0.25, -0.2) is 16.8 Å². The minimum absolute atomic E-state index is 0.0676. The Morgan fingerprint density at radius 3 is 1.41 bits per heavy atom. The monoisotopic (exact) mass is 320 g/mol. The van der Waals surface area contributed by atoms with E-state index in [0.29, 0.717) is 12.8 Å². The SMILES string of the molecule is CCCCS(=O)(=O)SCSS(=O)(=O)CCCC. The fraction of sp³-hybridized carbons (Fsp3) is 1.00. The molecular weight excluding hydrogens is 300 g/mol. The highest BCUT2D eigenvalue weighted by molar-refractivity contribution is 8.80. The van der Waals surface area contributed by atoms with Crippen LogP contribution in [0.1, 0.15) is 39.5 Å². The quantitative estimate of drug-likeness (QED) is 0.455. The summed E-state index contributed by atoms with van der Waals surface area (Å²) in [6.45, 7) is 3.84. The normalized spacial score (nSPS) is 12.8. The lowest BCUT2D eigenvalue weighted by Gasteiger charge is -2.03. The third kappa shape index (κ3) is 10.2. The van der Waals surface area contributed by atoms with Crippen LogP contribution in [0.2, 0.25) is 0 Å². The Balaban J connectivity index is 3.98. The summed E-state index contributed by atoms with van der Waals surface area (Å²) in [7, 11) is -4.84. The predicted molar refractivity (Wildman–Crippen MR) is 77.4 cm³/mol. The maximum Gasteiger partial charge on any atom is 0.202 e. The zero-order valence-corrected chi connectivity index (χ0v) is 13.5. The van der Waals surface area contributed by atoms with Crippen LogP contribution in [0, 0.1) is 0 Å². The second-order valence-electron chi connectivity index (χ2n) is 3.58. The lowest BCUT2D eigenvalue weighted by atomic mass is 10.4. The molecule has 0 unspecified atom stereocenters. The van der Waals surface area contributed by atoms with E-state index >= 15 is 0 Å². The molecule has 0 aliphatic carbocycles. The number of rotatable bonds is 10. The van der Waals surface area contributed by atoms with Crippen LogP contribution in [0.15, 0.2) is 0 Å². The Labute approximate surface area is 112 Å². The Morgan fingerprint density at radius 1 is 0.765 bits per heavy atom. The van der Waals surface area contributed by atoms with E-state index in [1.807, 2.05) is 13.8 Å². The van der Waals surface area contributed by atoms with Gasteiger partial charge >= 0.3 is 0 Å². The fourth-order valence-electron chi connectivity index (χ4n) is 0.926. The van der Waals surface area contributed by atoms with Gasteiger partial charge in [-0.3, -0.25) is 0 Å². The first-order valence-electron chi connectivity index (χ1n) is 5.57. The van der Waals surface area contributed by atoms with E-state index < -0.39 is 17.7 Å². The largest absolute Gasteiger partial charge is 0.217 e. The summed E-state index contributed by atoms with van der Waals surface area (Å²) in [5.74, 6) is 0.257. The molecule has 0 aromatic carbocycles. The predicted octanol–water partition coefficient (Wildman–Crippen LogP) is 2.67. The highest BCUT2D eigenvalue weighted by Crippen LogP contribution is 2.25. The van der Waals surface area contributed by atoms with Crippen molar-refractivity contribution in [3.63, 3.8) is 0 Å². The summed E-state index contributed by atoms with van der Waals surface area (Å²) in [5, 5.41) is 0.0676. The molecule has 8 heteroatoms. The van der Waals surface area contributed by atoms with Crippen LogP contribution >= 0.6 is 21.6 Å². The van der Waals surface area contributed by atoms with E-state index in [1.54, 1.807) is 0 Å². The summed E-state index contributed by atoms with van der Waals surface area (Å²) in [5.41, 5.74) is 0. The van der Waals surface area contributed by atoms with Crippen LogP contribution in [-0.4, -0.2) is 33.4 Å². The van der Waals surface area contributed by atoms with Crippen molar-refractivity contribution in [1.29, 1.82) is 0 Å². The summed E-state index contributed by atoms with van der Waals surface area (Å²) in [4.78, 5) is 0. The van der Waals surface area contributed by atoms with Gasteiger partial charge in [0.1, 0.15) is 0 Å². The Kier molecular flexibility index (Phi) is 8.96. The standard InChI is InChI=1S/C9H20O4S4/c1-3-5-7-16(10,11)14-9-15-17(12,13)8-6-4-2/h3-9H2,1-2H3. The third-order valence-corrected chi connectivity index (χ3v) is 9.90. The molecule has 0 spiro atoms. The molecule has 0 aromatic rings. The average Bonchev–Trinajstić information content (AvgIpc) is 2.23. The molecule has 0 bridgehead atoms. The molecular formula is C9H20O4S4. The molecule has 0 saturated carbocycles. The first-order chi connectivity index (χ1) is 7.83. The summed E-state index contributed by atoms with van der Waals surface area (Å²) >= 11 is 0. The molecule has 0 radical (unpaired) electrons. The molecule has 4 nitrogen and oxygen atoms in total. The van der Waals surface area contributed by atoms with E-state index in [4.69, 9.17) is 0 Å². The first-order valence-corrected chi connectivity index (χ1v) is 11.9. The van der Waals surface area contributed by atoms with Gasteiger partial charge in [-0.05, 0) is 34.4 Å². The van der Waals surface area contributed by atoms with Crippen molar-refractivity contribution in [1.82, 2.24) is 0 Å². The zero-order valence-electron chi connectivity index (χ0n) is 10.2. The first kappa shape index (κ1) is 17.6. The van der Waals surface area contributed by atoms with Crippen LogP contribution in [0.5, 0.6) is 0 Å². The molecule has 0 rings (SSSR count). The molecule has 0 aliphatic rings. The zero-order chi connectivity index (χ0) is 13.4. The van der Waals surface area contributed by atoms with Gasteiger partial charge < -0.3 is 0 Å². The molecule has 0 aromatic heterocycles. The van der Waals surface area contributed by atoms with E-state index in [9.17, 15) is 16.8 Å². The summed E-state index contributed by atoms with van der Waals surface area (Å²) < 4.78 is 45.8. The second-order valence-corrected chi connectivity index (χ2v) is 12.5. The van der Waals surface area contributed by atoms with Crippen molar-refractivity contribution >= 4 is 39.3 Å². The Morgan fingerprint density at radius 2 is 1.12 bits per heavy atom. The minimum Gasteiger partial charge on any atom is -0.217 e. The van der Waals surface area contributed by atoms with Crippen LogP contribution in [0.4, 0.5) is 0 Å². The topological polar surface area (TPSA) is 68.3 Å². The molecule has 17 heavy (non-hydrogen) atoms. The second kappa shape index (κ2) is 8.66. The fourth-order valence-corrected chi connectivity index (χ4v) is 9.24. The smallest absolute Gasteiger partial charge is 0.202 e. The lowest BCUT2D eigenvalue weighted by Crippen LogP contribution is -2.04. The molecule has 104 valence electrons. The van der Waals surface area contributed by atoms with Crippen LogP contribution in [-0.2, 0) is 17.7 Å². The number of hydrogen-bond acceptors (Lipinski definition) is 6. The van der Waals surface area contributed by atoms with E-state index in [2.05, 4.69) is 0 Å². The third-order valence-electron chi connectivity index (χ3n) is 1.95. The molecule has 0 saturated heterocycles. The molecule has 0 fully saturated rings. The lowest BCUT2D eigenvalue weighted by molar-refractivity contribution is 0.606. The van der Waals surface area contributed by atoms with E-state index in [1.165, 1.54) is 0 Å². The van der Waals surface area contributed by atoms with Crippen molar-refractivity contribution in [2.75, 3.05) is 16.6 Å². The maximum atomic E-state index is 11.4. The van der Waals surface area contributed by atoms with E-state index in [0.717, 1.165) is 34.4 Å². The molecule has 0 heterocycles. The van der Waals surface area contributed by atoms with Gasteiger partial charge in [0.15, 0.2) is 0 Å². The summed E-state index contributed by atoms with van der Waals surface area (Å²) in [6, 6.07) is 0. The van der Waals surface area contributed by atoms with Gasteiger partial charge in [-0.1, -0.05) is 26.7 Å². The molecule has 0 atom stereocenters. The molecule has 0 N–H and O–H groups in total. The van der Waals surface area contributed by atoms with Gasteiger partial charge in [-0.15, -0.1) is 0 Å². The highest BCUT2D eigenvalue weighted by Gasteiger charge is 2.15. The van der Waals surface area contributed by atoms with Crippen LogP contribution in [0.3, 0.4) is 0 Å². The molecule has 0 aliphatic heterocycles. The van der Waals surface area contributed by atoms with Gasteiger partial charge in [0.2, 0.25) is 17.7 Å². The minimum atomic E-state index is -3.16.